The van der Waals surface area contributed by atoms with Crippen LogP contribution in [0, 0.1) is 6.92 Å². The molecule has 0 N–H and O–H groups in total. The van der Waals surface area contributed by atoms with E-state index < -0.39 is 0 Å². The van der Waals surface area contributed by atoms with E-state index in [-0.39, 0.29) is 12.2 Å². The van der Waals surface area contributed by atoms with Gasteiger partial charge in [-0.3, -0.25) is 9.69 Å². The second-order valence-corrected chi connectivity index (χ2v) is 11.9. The molecule has 41 heavy (non-hydrogen) atoms. The predicted octanol–water partition coefficient (Wildman–Crippen LogP) is 6.62. The second kappa shape index (κ2) is 11.7. The van der Waals surface area contributed by atoms with E-state index in [0.717, 1.165) is 54.9 Å². The van der Waals surface area contributed by atoms with Crippen molar-refractivity contribution in [3.05, 3.63) is 92.8 Å². The molecule has 1 aliphatic rings. The summed E-state index contributed by atoms with van der Waals surface area (Å²) in [5.74, 6) is 1.64. The van der Waals surface area contributed by atoms with E-state index in [1.165, 1.54) is 5.56 Å². The van der Waals surface area contributed by atoms with Crippen LogP contribution >= 0.6 is 22.9 Å². The summed E-state index contributed by atoms with van der Waals surface area (Å²) in [5.41, 5.74) is 6.33. The lowest BCUT2D eigenvalue weighted by atomic mass is 9.98. The maximum atomic E-state index is 13.3. The number of piperazine rings is 1. The van der Waals surface area contributed by atoms with E-state index in [9.17, 15) is 4.79 Å². The van der Waals surface area contributed by atoms with Gasteiger partial charge in [-0.1, -0.05) is 23.7 Å². The van der Waals surface area contributed by atoms with E-state index in [1.807, 2.05) is 58.9 Å². The van der Waals surface area contributed by atoms with Gasteiger partial charge in [-0.05, 0) is 72.4 Å². The van der Waals surface area contributed by atoms with Gasteiger partial charge in [0.05, 0.1) is 5.52 Å². The molecule has 210 valence electrons. The molecule has 0 aliphatic carbocycles. The zero-order valence-corrected chi connectivity index (χ0v) is 25.0. The zero-order chi connectivity index (χ0) is 28.5. The van der Waals surface area contributed by atoms with Gasteiger partial charge in [0, 0.05) is 73.9 Å². The number of fused-ring (bicyclic) bond motifs is 1. The molecule has 9 heteroatoms. The number of Topliss-reactive ketones (excluding diaryl/α,β-unsaturated/α-hetero) is 1. The van der Waals surface area contributed by atoms with E-state index in [0.29, 0.717) is 33.6 Å². The molecule has 4 heterocycles. The van der Waals surface area contributed by atoms with Gasteiger partial charge in [-0.15, -0.1) is 0 Å². The normalized spacial score (nSPS) is 14.5. The Morgan fingerprint density at radius 3 is 2.59 bits per heavy atom. The van der Waals surface area contributed by atoms with Crippen LogP contribution in [0.1, 0.15) is 27.0 Å². The Balaban J connectivity index is 1.21. The highest BCUT2D eigenvalue weighted by Gasteiger charge is 2.18. The van der Waals surface area contributed by atoms with Crippen molar-refractivity contribution in [1.29, 1.82) is 0 Å². The predicted molar refractivity (Wildman–Crippen MR) is 165 cm³/mol. The summed E-state index contributed by atoms with van der Waals surface area (Å²) in [6.07, 6.45) is 2.12. The summed E-state index contributed by atoms with van der Waals surface area (Å²) in [6.45, 7) is 7.29. The molecular weight excluding hydrogens is 554 g/mol. The molecule has 2 aromatic carbocycles. The summed E-state index contributed by atoms with van der Waals surface area (Å²) < 4.78 is 8.26. The summed E-state index contributed by atoms with van der Waals surface area (Å²) in [7, 11) is 4.10. The number of benzene rings is 2. The Kier molecular flexibility index (Phi) is 7.90. The van der Waals surface area contributed by atoms with Crippen molar-refractivity contribution in [3.63, 3.8) is 0 Å². The topological polar surface area (TPSA) is 63.5 Å². The lowest BCUT2D eigenvalue weighted by Gasteiger charge is -2.32. The molecule has 1 aliphatic heterocycles. The number of ether oxygens (including phenoxy) is 1. The van der Waals surface area contributed by atoms with E-state index in [4.69, 9.17) is 26.3 Å². The first-order valence-corrected chi connectivity index (χ1v) is 15.0. The smallest absolute Gasteiger partial charge is 0.247 e. The molecule has 0 amide bonds. The van der Waals surface area contributed by atoms with Crippen LogP contribution in [0.5, 0.6) is 11.6 Å². The van der Waals surface area contributed by atoms with Gasteiger partial charge in [0.2, 0.25) is 5.88 Å². The van der Waals surface area contributed by atoms with Gasteiger partial charge in [0.25, 0.3) is 0 Å². The number of ketones is 1. The number of halogens is 1. The number of hydrogen-bond donors (Lipinski definition) is 0. The van der Waals surface area contributed by atoms with Crippen LogP contribution in [-0.4, -0.2) is 63.3 Å². The number of aryl methyl sites for hydroxylation is 2. The molecule has 1 saturated heterocycles. The third-order valence-corrected chi connectivity index (χ3v) is 8.76. The molecule has 0 saturated carbocycles. The highest BCUT2D eigenvalue weighted by molar-refractivity contribution is 7.08. The van der Waals surface area contributed by atoms with Crippen molar-refractivity contribution in [2.24, 2.45) is 7.05 Å². The van der Waals surface area contributed by atoms with Gasteiger partial charge in [-0.25, -0.2) is 4.98 Å². The molecule has 5 aromatic rings. The van der Waals surface area contributed by atoms with E-state index in [1.54, 1.807) is 23.5 Å². The van der Waals surface area contributed by atoms with Gasteiger partial charge in [0.15, 0.2) is 11.6 Å². The van der Waals surface area contributed by atoms with Crippen molar-refractivity contribution in [2.45, 2.75) is 19.9 Å². The first-order chi connectivity index (χ1) is 19.8. The summed E-state index contributed by atoms with van der Waals surface area (Å²) in [5, 5.41) is 4.54. The first-order valence-electron chi connectivity index (χ1n) is 13.7. The fourth-order valence-corrected chi connectivity index (χ4v) is 6.00. The average molecular weight is 586 g/mol. The number of carbonyl (C=O) groups is 1. The number of aromatic nitrogens is 3. The fourth-order valence-electron chi connectivity index (χ4n) is 5.18. The van der Waals surface area contributed by atoms with Crippen LogP contribution in [0.4, 0.5) is 0 Å². The Labute approximate surface area is 249 Å². The second-order valence-electron chi connectivity index (χ2n) is 10.7. The zero-order valence-electron chi connectivity index (χ0n) is 23.4. The molecule has 0 spiro atoms. The van der Waals surface area contributed by atoms with E-state index in [2.05, 4.69) is 29.8 Å². The number of nitrogens with zero attached hydrogens (tertiary/aromatic N) is 5. The molecule has 0 atom stereocenters. The van der Waals surface area contributed by atoms with Crippen LogP contribution in [0.2, 0.25) is 5.02 Å². The number of rotatable bonds is 8. The van der Waals surface area contributed by atoms with Crippen LogP contribution < -0.4 is 4.74 Å². The van der Waals surface area contributed by atoms with Gasteiger partial charge in [-0.2, -0.15) is 16.3 Å². The van der Waals surface area contributed by atoms with Crippen LogP contribution in [0.3, 0.4) is 0 Å². The van der Waals surface area contributed by atoms with Gasteiger partial charge < -0.3 is 14.2 Å². The van der Waals surface area contributed by atoms with Crippen LogP contribution in [0.25, 0.3) is 22.4 Å². The molecule has 0 radical (unpaired) electrons. The maximum absolute atomic E-state index is 13.3. The molecular formula is C32H32ClN5O2S. The Morgan fingerprint density at radius 1 is 1.00 bits per heavy atom. The average Bonchev–Trinajstić information content (AvgIpc) is 3.63. The Hall–Kier alpha value is -3.56. The lowest BCUT2D eigenvalue weighted by Crippen LogP contribution is -2.43. The molecule has 0 unspecified atom stereocenters. The standard InChI is InChI=1S/C32H32ClN5O2S/c1-21-16-22(4-5-23(21)19-38-13-11-36(2)12-14-38)29(39)18-25-17-26(6-7-27(25)33)40-32-30-28(8-10-37(30)3)34-31(35-32)24-9-15-41-20-24/h4-10,15-17,20H,11-14,18-19H2,1-3H3. The number of thiophene rings is 1. The van der Waals surface area contributed by atoms with Crippen LogP contribution in [0.15, 0.2) is 65.5 Å². The highest BCUT2D eigenvalue weighted by atomic mass is 35.5. The number of hydrogen-bond acceptors (Lipinski definition) is 7. The quantitative estimate of drug-likeness (QED) is 0.191. The molecule has 7 nitrogen and oxygen atoms in total. The maximum Gasteiger partial charge on any atom is 0.247 e. The van der Waals surface area contributed by atoms with Crippen molar-refractivity contribution in [1.82, 2.24) is 24.3 Å². The number of carbonyl (C=O) groups excluding carboxylic acids is 1. The minimum Gasteiger partial charge on any atom is -0.437 e. The van der Waals surface area contributed by atoms with E-state index >= 15 is 0 Å². The van der Waals surface area contributed by atoms with Crippen molar-refractivity contribution in [2.75, 3.05) is 33.2 Å². The van der Waals surface area contributed by atoms with Crippen molar-refractivity contribution < 1.29 is 9.53 Å². The van der Waals surface area contributed by atoms with Crippen molar-refractivity contribution in [3.8, 4) is 23.0 Å². The Bertz CT molecular complexity index is 1710. The van der Waals surface area contributed by atoms with Crippen molar-refractivity contribution >= 4 is 39.8 Å². The van der Waals surface area contributed by atoms with Gasteiger partial charge in [0.1, 0.15) is 11.3 Å². The molecule has 6 rings (SSSR count). The summed E-state index contributed by atoms with van der Waals surface area (Å²) >= 11 is 8.15. The third kappa shape index (κ3) is 6.06. The van der Waals surface area contributed by atoms with Gasteiger partial charge >= 0.3 is 0 Å². The molecule has 3 aromatic heterocycles. The van der Waals surface area contributed by atoms with Crippen LogP contribution in [-0.2, 0) is 20.0 Å². The highest BCUT2D eigenvalue weighted by Crippen LogP contribution is 2.33. The molecule has 0 bridgehead atoms. The summed E-state index contributed by atoms with van der Waals surface area (Å²) in [4.78, 5) is 27.6. The Morgan fingerprint density at radius 2 is 1.83 bits per heavy atom. The summed E-state index contributed by atoms with van der Waals surface area (Å²) in [6, 6.07) is 15.4. The SMILES string of the molecule is Cc1cc(C(=O)Cc2cc(Oc3nc(-c4ccsc4)nc4ccn(C)c34)ccc2Cl)ccc1CN1CCN(C)CC1. The number of likely N-dealkylation sites (N-methyl/N-ethyl adjacent to an activating group) is 1. The first kappa shape index (κ1) is 27.6. The third-order valence-electron chi connectivity index (χ3n) is 7.70. The minimum absolute atomic E-state index is 0.0184. The monoisotopic (exact) mass is 585 g/mol. The largest absolute Gasteiger partial charge is 0.437 e. The molecule has 1 fully saturated rings. The lowest BCUT2D eigenvalue weighted by molar-refractivity contribution is 0.0993. The fraction of sp³-hybridized carbons (Fsp3) is 0.281. The minimum atomic E-state index is 0.0184.